The SMILES string of the molecule is CCCCCCCCCn1ccnc1CCCC. The van der Waals surface area contributed by atoms with Crippen molar-refractivity contribution in [2.75, 3.05) is 0 Å². The zero-order valence-electron chi connectivity index (χ0n) is 12.3. The molecular weight excluding hydrogens is 220 g/mol. The van der Waals surface area contributed by atoms with E-state index in [4.69, 9.17) is 0 Å². The van der Waals surface area contributed by atoms with Gasteiger partial charge in [0.15, 0.2) is 0 Å². The molecule has 0 N–H and O–H groups in total. The first-order valence-electron chi connectivity index (χ1n) is 7.88. The minimum absolute atomic E-state index is 1.14. The van der Waals surface area contributed by atoms with Crippen molar-refractivity contribution in [2.45, 2.75) is 84.6 Å². The highest BCUT2D eigenvalue weighted by Gasteiger charge is 2.01. The van der Waals surface area contributed by atoms with Crippen LogP contribution in [0.1, 0.15) is 77.5 Å². The molecule has 0 aliphatic heterocycles. The predicted molar refractivity (Wildman–Crippen MR) is 78.8 cm³/mol. The highest BCUT2D eigenvalue weighted by Crippen LogP contribution is 2.09. The lowest BCUT2D eigenvalue weighted by molar-refractivity contribution is 0.536. The molecule has 0 bridgehead atoms. The molecule has 0 aromatic carbocycles. The molecule has 1 aromatic heterocycles. The molecular formula is C16H30N2. The Balaban J connectivity index is 2.09. The molecule has 18 heavy (non-hydrogen) atoms. The molecule has 1 heterocycles. The summed E-state index contributed by atoms with van der Waals surface area (Å²) < 4.78 is 2.35. The Labute approximate surface area is 113 Å². The monoisotopic (exact) mass is 250 g/mol. The fourth-order valence-corrected chi connectivity index (χ4v) is 2.35. The number of aryl methyl sites for hydroxylation is 2. The van der Waals surface area contributed by atoms with Crippen LogP contribution < -0.4 is 0 Å². The molecule has 0 radical (unpaired) electrons. The number of aromatic nitrogens is 2. The second kappa shape index (κ2) is 10.2. The average molecular weight is 250 g/mol. The largest absolute Gasteiger partial charge is 0.335 e. The van der Waals surface area contributed by atoms with Crippen LogP contribution in [0, 0.1) is 0 Å². The van der Waals surface area contributed by atoms with Crippen molar-refractivity contribution in [3.63, 3.8) is 0 Å². The van der Waals surface area contributed by atoms with Gasteiger partial charge in [0, 0.05) is 25.4 Å². The maximum absolute atomic E-state index is 4.46. The first-order valence-corrected chi connectivity index (χ1v) is 7.88. The van der Waals surface area contributed by atoms with Gasteiger partial charge < -0.3 is 4.57 Å². The summed E-state index contributed by atoms with van der Waals surface area (Å²) in [6.45, 7) is 5.67. The Kier molecular flexibility index (Phi) is 8.62. The van der Waals surface area contributed by atoms with Crippen molar-refractivity contribution in [1.29, 1.82) is 0 Å². The van der Waals surface area contributed by atoms with Crippen LogP contribution in [0.25, 0.3) is 0 Å². The summed E-state index contributed by atoms with van der Waals surface area (Å²) in [6, 6.07) is 0. The first-order chi connectivity index (χ1) is 8.88. The van der Waals surface area contributed by atoms with Crippen LogP contribution in [-0.2, 0) is 13.0 Å². The van der Waals surface area contributed by atoms with Crippen molar-refractivity contribution in [2.24, 2.45) is 0 Å². The van der Waals surface area contributed by atoms with Gasteiger partial charge in [-0.3, -0.25) is 0 Å². The van der Waals surface area contributed by atoms with E-state index < -0.39 is 0 Å². The van der Waals surface area contributed by atoms with E-state index in [0.717, 1.165) is 13.0 Å². The van der Waals surface area contributed by atoms with E-state index in [1.165, 1.54) is 63.6 Å². The molecule has 0 fully saturated rings. The van der Waals surface area contributed by atoms with Crippen LogP contribution in [-0.4, -0.2) is 9.55 Å². The van der Waals surface area contributed by atoms with Gasteiger partial charge in [0.05, 0.1) is 0 Å². The number of hydrogen-bond donors (Lipinski definition) is 0. The Morgan fingerprint density at radius 1 is 0.889 bits per heavy atom. The number of hydrogen-bond acceptors (Lipinski definition) is 1. The minimum Gasteiger partial charge on any atom is -0.335 e. The Morgan fingerprint density at radius 3 is 2.28 bits per heavy atom. The molecule has 0 unspecified atom stereocenters. The molecule has 2 nitrogen and oxygen atoms in total. The van der Waals surface area contributed by atoms with Crippen molar-refractivity contribution >= 4 is 0 Å². The van der Waals surface area contributed by atoms with E-state index in [-0.39, 0.29) is 0 Å². The lowest BCUT2D eigenvalue weighted by Gasteiger charge is -2.07. The van der Waals surface area contributed by atoms with E-state index in [0.29, 0.717) is 0 Å². The number of imidazole rings is 1. The zero-order valence-corrected chi connectivity index (χ0v) is 12.3. The fraction of sp³-hybridized carbons (Fsp3) is 0.812. The van der Waals surface area contributed by atoms with Crippen LogP contribution in [0.2, 0.25) is 0 Å². The topological polar surface area (TPSA) is 17.8 Å². The average Bonchev–Trinajstić information content (AvgIpc) is 2.83. The van der Waals surface area contributed by atoms with Crippen LogP contribution in [0.5, 0.6) is 0 Å². The highest BCUT2D eigenvalue weighted by atomic mass is 15.1. The summed E-state index contributed by atoms with van der Waals surface area (Å²) in [5.41, 5.74) is 0. The Hall–Kier alpha value is -0.790. The molecule has 0 spiro atoms. The van der Waals surface area contributed by atoms with E-state index >= 15 is 0 Å². The molecule has 0 atom stereocenters. The fourth-order valence-electron chi connectivity index (χ4n) is 2.35. The van der Waals surface area contributed by atoms with E-state index in [1.54, 1.807) is 0 Å². The maximum Gasteiger partial charge on any atom is 0.108 e. The van der Waals surface area contributed by atoms with Crippen LogP contribution in [0.3, 0.4) is 0 Å². The molecule has 0 aliphatic rings. The summed E-state index contributed by atoms with van der Waals surface area (Å²) in [7, 11) is 0. The van der Waals surface area contributed by atoms with Crippen molar-refractivity contribution in [3.8, 4) is 0 Å². The normalized spacial score (nSPS) is 11.0. The highest BCUT2D eigenvalue weighted by molar-refractivity contribution is 4.92. The van der Waals surface area contributed by atoms with Crippen molar-refractivity contribution < 1.29 is 0 Å². The van der Waals surface area contributed by atoms with E-state index in [9.17, 15) is 0 Å². The van der Waals surface area contributed by atoms with Gasteiger partial charge in [0.1, 0.15) is 5.82 Å². The molecule has 0 amide bonds. The lowest BCUT2D eigenvalue weighted by Crippen LogP contribution is -2.03. The van der Waals surface area contributed by atoms with Crippen LogP contribution in [0.4, 0.5) is 0 Å². The van der Waals surface area contributed by atoms with E-state index in [2.05, 4.69) is 29.6 Å². The molecule has 0 aliphatic carbocycles. The second-order valence-electron chi connectivity index (χ2n) is 5.26. The summed E-state index contributed by atoms with van der Waals surface area (Å²) in [5, 5.41) is 0. The summed E-state index contributed by atoms with van der Waals surface area (Å²) >= 11 is 0. The molecule has 0 saturated heterocycles. The number of rotatable bonds is 11. The van der Waals surface area contributed by atoms with Crippen LogP contribution >= 0.6 is 0 Å². The van der Waals surface area contributed by atoms with Gasteiger partial charge in [0.25, 0.3) is 0 Å². The Bertz CT molecular complexity index is 291. The zero-order chi connectivity index (χ0) is 13.1. The van der Waals surface area contributed by atoms with E-state index in [1.807, 2.05) is 6.20 Å². The van der Waals surface area contributed by atoms with Gasteiger partial charge in [-0.25, -0.2) is 4.98 Å². The van der Waals surface area contributed by atoms with Gasteiger partial charge in [0.2, 0.25) is 0 Å². The maximum atomic E-state index is 4.46. The van der Waals surface area contributed by atoms with Gasteiger partial charge in [-0.15, -0.1) is 0 Å². The van der Waals surface area contributed by atoms with Crippen molar-refractivity contribution in [3.05, 3.63) is 18.2 Å². The van der Waals surface area contributed by atoms with Crippen molar-refractivity contribution in [1.82, 2.24) is 9.55 Å². The molecule has 2 heteroatoms. The van der Waals surface area contributed by atoms with Crippen LogP contribution in [0.15, 0.2) is 12.4 Å². The smallest absolute Gasteiger partial charge is 0.108 e. The lowest BCUT2D eigenvalue weighted by atomic mass is 10.1. The summed E-state index contributed by atoms with van der Waals surface area (Å²) in [5.74, 6) is 1.28. The number of unbranched alkanes of at least 4 members (excludes halogenated alkanes) is 7. The summed E-state index contributed by atoms with van der Waals surface area (Å²) in [4.78, 5) is 4.46. The number of nitrogens with zero attached hydrogens (tertiary/aromatic N) is 2. The third-order valence-corrected chi connectivity index (χ3v) is 3.56. The molecule has 0 saturated carbocycles. The third-order valence-electron chi connectivity index (χ3n) is 3.56. The summed E-state index contributed by atoms with van der Waals surface area (Å²) in [6.07, 6.45) is 17.4. The second-order valence-corrected chi connectivity index (χ2v) is 5.26. The van der Waals surface area contributed by atoms with Gasteiger partial charge in [-0.1, -0.05) is 58.8 Å². The first kappa shape index (κ1) is 15.3. The quantitative estimate of drug-likeness (QED) is 0.507. The standard InChI is InChI=1S/C16H30N2/c1-3-5-7-8-9-10-11-14-18-15-13-17-16(18)12-6-4-2/h13,15H,3-12,14H2,1-2H3. The predicted octanol–water partition coefficient (Wildman–Crippen LogP) is 4.98. The molecule has 1 rings (SSSR count). The molecule has 104 valence electrons. The minimum atomic E-state index is 1.14. The van der Waals surface area contributed by atoms with Gasteiger partial charge in [-0.05, 0) is 12.8 Å². The van der Waals surface area contributed by atoms with Gasteiger partial charge in [-0.2, -0.15) is 0 Å². The third kappa shape index (κ3) is 6.23. The molecule has 1 aromatic rings. The van der Waals surface area contributed by atoms with Gasteiger partial charge >= 0.3 is 0 Å². The Morgan fingerprint density at radius 2 is 1.56 bits per heavy atom.